The van der Waals surface area contributed by atoms with Crippen LogP contribution in [0.15, 0.2) is 96.6 Å². The highest BCUT2D eigenvalue weighted by atomic mass is 28.4. The molecule has 3 aromatic carbocycles. The van der Waals surface area contributed by atoms with Gasteiger partial charge in [-0.25, -0.2) is 4.79 Å². The van der Waals surface area contributed by atoms with Crippen LogP contribution in [0.4, 0.5) is 10.5 Å². The second-order valence-corrected chi connectivity index (χ2v) is 13.9. The van der Waals surface area contributed by atoms with E-state index in [-0.39, 0.29) is 11.6 Å². The van der Waals surface area contributed by atoms with Crippen LogP contribution >= 0.6 is 0 Å². The first kappa shape index (κ1) is 25.5. The van der Waals surface area contributed by atoms with Gasteiger partial charge in [-0.15, -0.1) is 0 Å². The summed E-state index contributed by atoms with van der Waals surface area (Å²) in [5, 5.41) is 5.16. The molecule has 3 aromatic rings. The number of amides is 1. The number of anilines is 1. The molecule has 0 spiro atoms. The topological polar surface area (TPSA) is 47.6 Å². The van der Waals surface area contributed by atoms with Gasteiger partial charge in [0.15, 0.2) is 0 Å². The van der Waals surface area contributed by atoms with Crippen molar-refractivity contribution in [3.63, 3.8) is 0 Å². The molecule has 178 valence electrons. The Morgan fingerprint density at radius 2 is 1.41 bits per heavy atom. The highest BCUT2D eigenvalue weighted by Gasteiger charge is 2.50. The molecule has 0 radical (unpaired) electrons. The van der Waals surface area contributed by atoms with E-state index in [0.29, 0.717) is 12.3 Å². The van der Waals surface area contributed by atoms with Gasteiger partial charge in [0.05, 0.1) is 6.61 Å². The van der Waals surface area contributed by atoms with Crippen molar-refractivity contribution in [2.24, 2.45) is 0 Å². The maximum absolute atomic E-state index is 12.1. The van der Waals surface area contributed by atoms with Crippen molar-refractivity contribution in [1.29, 1.82) is 0 Å². The smallest absolute Gasteiger partial charge is 0.411 e. The van der Waals surface area contributed by atoms with Crippen LogP contribution < -0.4 is 15.7 Å². The molecule has 5 heteroatoms. The van der Waals surface area contributed by atoms with Gasteiger partial charge in [-0.1, -0.05) is 99.1 Å². The minimum Gasteiger partial charge on any atom is -0.445 e. The van der Waals surface area contributed by atoms with Gasteiger partial charge in [0, 0.05) is 5.69 Å². The first-order valence-electron chi connectivity index (χ1n) is 11.6. The second-order valence-electron chi connectivity index (χ2n) is 9.59. The molecule has 0 atom stereocenters. The van der Waals surface area contributed by atoms with Crippen molar-refractivity contribution in [2.45, 2.75) is 39.7 Å². The number of aryl methyl sites for hydroxylation is 1. The Labute approximate surface area is 204 Å². The highest BCUT2D eigenvalue weighted by molar-refractivity contribution is 6.99. The average Bonchev–Trinajstić information content (AvgIpc) is 2.81. The molecular formula is C29H35NO3Si. The molecule has 0 aliphatic carbocycles. The van der Waals surface area contributed by atoms with Crippen LogP contribution in [0.25, 0.3) is 0 Å². The molecule has 0 aromatic heterocycles. The Morgan fingerprint density at radius 3 is 1.91 bits per heavy atom. The zero-order valence-corrected chi connectivity index (χ0v) is 21.8. The molecule has 3 rings (SSSR count). The monoisotopic (exact) mass is 473 g/mol. The van der Waals surface area contributed by atoms with Crippen molar-refractivity contribution in [3.05, 3.63) is 102 Å². The molecule has 0 heterocycles. The molecule has 34 heavy (non-hydrogen) atoms. The van der Waals surface area contributed by atoms with Crippen molar-refractivity contribution in [2.75, 3.05) is 18.5 Å². The van der Waals surface area contributed by atoms with Gasteiger partial charge in [-0.2, -0.15) is 0 Å². The Balaban J connectivity index is 1.71. The number of carbonyl (C=O) groups is 1. The predicted octanol–water partition coefficient (Wildman–Crippen LogP) is 6.07. The fourth-order valence-corrected chi connectivity index (χ4v) is 8.69. The predicted molar refractivity (Wildman–Crippen MR) is 143 cm³/mol. The summed E-state index contributed by atoms with van der Waals surface area (Å²) in [6.07, 6.45) is 1.44. The van der Waals surface area contributed by atoms with E-state index >= 15 is 0 Å². The summed E-state index contributed by atoms with van der Waals surface area (Å²) in [6.45, 7) is 11.5. The lowest BCUT2D eigenvalue weighted by Crippen LogP contribution is -2.66. The Bertz CT molecular complexity index is 1050. The summed E-state index contributed by atoms with van der Waals surface area (Å²) in [7, 11) is -2.59. The van der Waals surface area contributed by atoms with Crippen molar-refractivity contribution >= 4 is 30.5 Å². The van der Waals surface area contributed by atoms with Crippen LogP contribution in [0.2, 0.25) is 5.04 Å². The molecule has 1 N–H and O–H groups in total. The van der Waals surface area contributed by atoms with E-state index in [1.54, 1.807) is 0 Å². The minimum absolute atomic E-state index is 0.0829. The van der Waals surface area contributed by atoms with Crippen LogP contribution in [0.5, 0.6) is 0 Å². The van der Waals surface area contributed by atoms with Crippen molar-refractivity contribution in [1.82, 2.24) is 0 Å². The van der Waals surface area contributed by atoms with E-state index in [9.17, 15) is 4.79 Å². The molecule has 0 saturated carbocycles. The maximum Gasteiger partial charge on any atom is 0.411 e. The molecule has 0 bridgehead atoms. The third-order valence-electron chi connectivity index (χ3n) is 5.88. The van der Waals surface area contributed by atoms with Gasteiger partial charge in [0.1, 0.15) is 6.61 Å². The number of hydrogen-bond acceptors (Lipinski definition) is 3. The summed E-state index contributed by atoms with van der Waals surface area (Å²) in [4.78, 5) is 12.1. The molecule has 0 unspecified atom stereocenters. The fraction of sp³-hybridized carbons (Fsp3) is 0.276. The van der Waals surface area contributed by atoms with Crippen LogP contribution in [0, 0.1) is 6.92 Å². The van der Waals surface area contributed by atoms with Gasteiger partial charge in [-0.3, -0.25) is 5.32 Å². The Morgan fingerprint density at radius 1 is 0.882 bits per heavy atom. The number of rotatable bonds is 8. The van der Waals surface area contributed by atoms with E-state index in [2.05, 4.69) is 74.6 Å². The van der Waals surface area contributed by atoms with E-state index in [0.717, 1.165) is 11.1 Å². The SMILES string of the molecule is C/C(=C\COC(=O)Nc1ccc(C)cc1)CO[Si](c1ccccc1)(c1ccccc1)C(C)(C)C. The van der Waals surface area contributed by atoms with Gasteiger partial charge < -0.3 is 9.16 Å². The van der Waals surface area contributed by atoms with Gasteiger partial charge >= 0.3 is 6.09 Å². The standard InChI is InChI=1S/C29H35NO3Si/c1-23-16-18-25(19-17-23)30-28(31)32-21-20-24(2)22-33-34(29(3,4)5,26-12-8-6-9-13-26)27-14-10-7-11-15-27/h6-20H,21-22H2,1-5H3,(H,30,31)/b24-20+. The number of nitrogens with one attached hydrogen (secondary N) is 1. The summed E-state index contributed by atoms with van der Waals surface area (Å²) < 4.78 is 12.3. The van der Waals surface area contributed by atoms with Crippen LogP contribution in [0.3, 0.4) is 0 Å². The third kappa shape index (κ3) is 6.25. The van der Waals surface area contributed by atoms with Crippen LogP contribution in [0.1, 0.15) is 33.3 Å². The lowest BCUT2D eigenvalue weighted by Gasteiger charge is -2.43. The van der Waals surface area contributed by atoms with Crippen molar-refractivity contribution < 1.29 is 14.0 Å². The van der Waals surface area contributed by atoms with E-state index in [1.165, 1.54) is 10.4 Å². The first-order valence-corrected chi connectivity index (χ1v) is 13.5. The van der Waals surface area contributed by atoms with E-state index < -0.39 is 14.4 Å². The van der Waals surface area contributed by atoms with Crippen LogP contribution in [-0.2, 0) is 9.16 Å². The summed E-state index contributed by atoms with van der Waals surface area (Å²) in [5.74, 6) is 0. The van der Waals surface area contributed by atoms with E-state index in [4.69, 9.17) is 9.16 Å². The molecule has 1 amide bonds. The largest absolute Gasteiger partial charge is 0.445 e. The number of carbonyl (C=O) groups excluding carboxylic acids is 1. The number of ether oxygens (including phenoxy) is 1. The number of benzene rings is 3. The average molecular weight is 474 g/mol. The molecule has 0 aliphatic rings. The summed E-state index contributed by atoms with van der Waals surface area (Å²) in [5.41, 5.74) is 2.88. The molecule has 0 saturated heterocycles. The molecule has 0 fully saturated rings. The zero-order chi connectivity index (χ0) is 24.6. The summed E-state index contributed by atoms with van der Waals surface area (Å²) in [6, 6.07) is 28.7. The lowest BCUT2D eigenvalue weighted by molar-refractivity contribution is 0.173. The van der Waals surface area contributed by atoms with E-state index in [1.807, 2.05) is 56.3 Å². The van der Waals surface area contributed by atoms with Gasteiger partial charge in [0.2, 0.25) is 0 Å². The van der Waals surface area contributed by atoms with Crippen LogP contribution in [-0.4, -0.2) is 27.6 Å². The fourth-order valence-electron chi connectivity index (χ4n) is 4.09. The second kappa shape index (κ2) is 11.3. The lowest BCUT2D eigenvalue weighted by atomic mass is 10.2. The Hall–Kier alpha value is -3.15. The first-order chi connectivity index (χ1) is 16.2. The molecular weight excluding hydrogens is 438 g/mol. The third-order valence-corrected chi connectivity index (χ3v) is 10.9. The minimum atomic E-state index is -2.59. The van der Waals surface area contributed by atoms with Gasteiger partial charge in [0.25, 0.3) is 8.32 Å². The molecule has 4 nitrogen and oxygen atoms in total. The maximum atomic E-state index is 12.1. The quantitative estimate of drug-likeness (QED) is 0.319. The number of hydrogen-bond donors (Lipinski definition) is 1. The highest BCUT2D eigenvalue weighted by Crippen LogP contribution is 2.36. The molecule has 0 aliphatic heterocycles. The zero-order valence-electron chi connectivity index (χ0n) is 20.8. The normalized spacial score (nSPS) is 12.3. The summed E-state index contributed by atoms with van der Waals surface area (Å²) >= 11 is 0. The van der Waals surface area contributed by atoms with Gasteiger partial charge in [-0.05, 0) is 53.0 Å². The Kier molecular flexibility index (Phi) is 8.48. The van der Waals surface area contributed by atoms with Crippen molar-refractivity contribution in [3.8, 4) is 0 Å².